The molecule has 25 heavy (non-hydrogen) atoms. The SMILES string of the molecule is CCN1C[C@@]2(CC1=O)CN(C(C)=O)CCN(C(=O)C1CCOCC1)C2. The average molecular weight is 351 g/mol. The van der Waals surface area contributed by atoms with Crippen LogP contribution >= 0.6 is 0 Å². The smallest absolute Gasteiger partial charge is 0.225 e. The third-order valence-electron chi connectivity index (χ3n) is 5.81. The number of nitrogens with zero attached hydrogens (tertiary/aromatic N) is 3. The summed E-state index contributed by atoms with van der Waals surface area (Å²) in [5.41, 5.74) is -0.337. The summed E-state index contributed by atoms with van der Waals surface area (Å²) in [5, 5.41) is 0. The van der Waals surface area contributed by atoms with Gasteiger partial charge < -0.3 is 19.4 Å². The molecule has 0 aliphatic carbocycles. The molecule has 0 aromatic heterocycles. The summed E-state index contributed by atoms with van der Waals surface area (Å²) >= 11 is 0. The summed E-state index contributed by atoms with van der Waals surface area (Å²) in [6, 6.07) is 0. The van der Waals surface area contributed by atoms with Gasteiger partial charge in [-0.15, -0.1) is 0 Å². The van der Waals surface area contributed by atoms with Crippen molar-refractivity contribution in [1.82, 2.24) is 14.7 Å². The molecular weight excluding hydrogens is 322 g/mol. The highest BCUT2D eigenvalue weighted by Gasteiger charge is 2.47. The van der Waals surface area contributed by atoms with Crippen molar-refractivity contribution in [3.63, 3.8) is 0 Å². The zero-order chi connectivity index (χ0) is 18.0. The Labute approximate surface area is 149 Å². The lowest BCUT2D eigenvalue weighted by Crippen LogP contribution is -2.47. The molecule has 0 unspecified atom stereocenters. The van der Waals surface area contributed by atoms with Crippen molar-refractivity contribution in [2.75, 3.05) is 52.5 Å². The Bertz CT molecular complexity index is 546. The van der Waals surface area contributed by atoms with Crippen molar-refractivity contribution in [1.29, 1.82) is 0 Å². The minimum Gasteiger partial charge on any atom is -0.381 e. The number of ether oxygens (including phenoxy) is 1. The quantitative estimate of drug-likeness (QED) is 0.719. The summed E-state index contributed by atoms with van der Waals surface area (Å²) in [6.45, 7) is 8.34. The van der Waals surface area contributed by atoms with E-state index in [0.29, 0.717) is 58.9 Å². The van der Waals surface area contributed by atoms with Gasteiger partial charge in [0.25, 0.3) is 0 Å². The van der Waals surface area contributed by atoms with Gasteiger partial charge in [-0.2, -0.15) is 0 Å². The molecule has 3 rings (SSSR count). The lowest BCUT2D eigenvalue weighted by atomic mass is 9.85. The first kappa shape index (κ1) is 18.2. The fourth-order valence-corrected chi connectivity index (χ4v) is 4.40. The van der Waals surface area contributed by atoms with E-state index in [-0.39, 0.29) is 29.1 Å². The summed E-state index contributed by atoms with van der Waals surface area (Å²) in [7, 11) is 0. The maximum absolute atomic E-state index is 13.0. The second-order valence-electron chi connectivity index (χ2n) is 7.67. The molecule has 0 radical (unpaired) electrons. The van der Waals surface area contributed by atoms with Gasteiger partial charge in [-0.25, -0.2) is 0 Å². The maximum Gasteiger partial charge on any atom is 0.225 e. The monoisotopic (exact) mass is 351 g/mol. The highest BCUT2D eigenvalue weighted by Crippen LogP contribution is 2.35. The van der Waals surface area contributed by atoms with Crippen LogP contribution < -0.4 is 0 Å². The third kappa shape index (κ3) is 3.81. The Kier molecular flexibility index (Phi) is 5.32. The average Bonchev–Trinajstić information content (AvgIpc) is 2.80. The third-order valence-corrected chi connectivity index (χ3v) is 5.81. The van der Waals surface area contributed by atoms with E-state index in [4.69, 9.17) is 4.74 Å². The lowest BCUT2D eigenvalue weighted by molar-refractivity contribution is -0.139. The molecule has 0 saturated carbocycles. The van der Waals surface area contributed by atoms with Gasteiger partial charge in [0.2, 0.25) is 17.7 Å². The van der Waals surface area contributed by atoms with Gasteiger partial charge in [-0.3, -0.25) is 14.4 Å². The van der Waals surface area contributed by atoms with Crippen molar-refractivity contribution in [3.8, 4) is 0 Å². The molecule has 3 aliphatic rings. The summed E-state index contributed by atoms with van der Waals surface area (Å²) in [5.74, 6) is 0.318. The topological polar surface area (TPSA) is 70.2 Å². The van der Waals surface area contributed by atoms with Crippen molar-refractivity contribution in [3.05, 3.63) is 0 Å². The van der Waals surface area contributed by atoms with Crippen LogP contribution in [0.3, 0.4) is 0 Å². The fraction of sp³-hybridized carbons (Fsp3) is 0.833. The van der Waals surface area contributed by atoms with Crippen LogP contribution in [-0.4, -0.2) is 84.9 Å². The first-order chi connectivity index (χ1) is 11.9. The van der Waals surface area contributed by atoms with E-state index < -0.39 is 0 Å². The second-order valence-corrected chi connectivity index (χ2v) is 7.67. The molecule has 3 heterocycles. The van der Waals surface area contributed by atoms with Crippen molar-refractivity contribution < 1.29 is 19.1 Å². The van der Waals surface area contributed by atoms with Gasteiger partial charge in [0.05, 0.1) is 0 Å². The molecule has 7 heteroatoms. The van der Waals surface area contributed by atoms with Crippen LogP contribution in [0.25, 0.3) is 0 Å². The van der Waals surface area contributed by atoms with E-state index >= 15 is 0 Å². The number of carbonyl (C=O) groups excluding carboxylic acids is 3. The number of rotatable bonds is 2. The zero-order valence-electron chi connectivity index (χ0n) is 15.3. The molecule has 3 aliphatic heterocycles. The van der Waals surface area contributed by atoms with Crippen LogP contribution in [0.1, 0.15) is 33.1 Å². The van der Waals surface area contributed by atoms with Gasteiger partial charge in [-0.1, -0.05) is 0 Å². The normalized spacial score (nSPS) is 28.6. The van der Waals surface area contributed by atoms with Crippen molar-refractivity contribution in [2.24, 2.45) is 11.3 Å². The number of hydrogen-bond acceptors (Lipinski definition) is 4. The number of carbonyl (C=O) groups is 3. The van der Waals surface area contributed by atoms with E-state index in [9.17, 15) is 14.4 Å². The van der Waals surface area contributed by atoms with Crippen LogP contribution in [0, 0.1) is 11.3 Å². The molecule has 3 saturated heterocycles. The predicted molar refractivity (Wildman–Crippen MR) is 91.7 cm³/mol. The Hall–Kier alpha value is -1.63. The molecule has 1 atom stereocenters. The lowest BCUT2D eigenvalue weighted by Gasteiger charge is -2.35. The zero-order valence-corrected chi connectivity index (χ0v) is 15.3. The van der Waals surface area contributed by atoms with Crippen LogP contribution in [0.4, 0.5) is 0 Å². The largest absolute Gasteiger partial charge is 0.381 e. The molecular formula is C18H29N3O4. The maximum atomic E-state index is 13.0. The predicted octanol–water partition coefficient (Wildman–Crippen LogP) is 0.342. The van der Waals surface area contributed by atoms with Gasteiger partial charge in [0, 0.05) is 77.2 Å². The Morgan fingerprint density at radius 3 is 2.36 bits per heavy atom. The number of hydrogen-bond donors (Lipinski definition) is 0. The molecule has 3 fully saturated rings. The Morgan fingerprint density at radius 2 is 1.76 bits per heavy atom. The van der Waals surface area contributed by atoms with Gasteiger partial charge >= 0.3 is 0 Å². The minimum absolute atomic E-state index is 0.00839. The highest BCUT2D eigenvalue weighted by molar-refractivity contribution is 5.82. The molecule has 0 aromatic rings. The summed E-state index contributed by atoms with van der Waals surface area (Å²) in [4.78, 5) is 42.9. The molecule has 0 aromatic carbocycles. The highest BCUT2D eigenvalue weighted by atomic mass is 16.5. The van der Waals surface area contributed by atoms with Crippen LogP contribution in [0.5, 0.6) is 0 Å². The summed E-state index contributed by atoms with van der Waals surface area (Å²) in [6.07, 6.45) is 1.94. The van der Waals surface area contributed by atoms with E-state index in [1.54, 1.807) is 6.92 Å². The molecule has 3 amide bonds. The van der Waals surface area contributed by atoms with Gasteiger partial charge in [-0.05, 0) is 19.8 Å². The van der Waals surface area contributed by atoms with Crippen LogP contribution in [0.2, 0.25) is 0 Å². The first-order valence-corrected chi connectivity index (χ1v) is 9.34. The van der Waals surface area contributed by atoms with Crippen molar-refractivity contribution >= 4 is 17.7 Å². The Balaban J connectivity index is 1.80. The van der Waals surface area contributed by atoms with E-state index in [1.807, 2.05) is 21.6 Å². The van der Waals surface area contributed by atoms with E-state index in [0.717, 1.165) is 12.8 Å². The van der Waals surface area contributed by atoms with Crippen molar-refractivity contribution in [2.45, 2.75) is 33.1 Å². The number of likely N-dealkylation sites (tertiary alicyclic amines) is 1. The van der Waals surface area contributed by atoms with E-state index in [2.05, 4.69) is 0 Å². The molecule has 7 nitrogen and oxygen atoms in total. The van der Waals surface area contributed by atoms with Crippen LogP contribution in [-0.2, 0) is 19.1 Å². The van der Waals surface area contributed by atoms with E-state index in [1.165, 1.54) is 0 Å². The van der Waals surface area contributed by atoms with Crippen LogP contribution in [0.15, 0.2) is 0 Å². The summed E-state index contributed by atoms with van der Waals surface area (Å²) < 4.78 is 5.37. The Morgan fingerprint density at radius 1 is 1.12 bits per heavy atom. The number of amides is 3. The molecule has 140 valence electrons. The standard InChI is InChI=1S/C18H29N3O4/c1-3-19-11-18(10-16(19)23)12-20(14(2)22)6-7-21(13-18)17(24)15-4-8-25-9-5-15/h15H,3-13H2,1-2H3/t18-/m0/s1. The molecule has 0 bridgehead atoms. The minimum atomic E-state index is -0.337. The van der Waals surface area contributed by atoms with Gasteiger partial charge in [0.1, 0.15) is 0 Å². The molecule has 0 N–H and O–H groups in total. The second kappa shape index (κ2) is 7.32. The molecule has 1 spiro atoms. The van der Waals surface area contributed by atoms with Gasteiger partial charge in [0.15, 0.2) is 0 Å². The fourth-order valence-electron chi connectivity index (χ4n) is 4.40. The first-order valence-electron chi connectivity index (χ1n) is 9.34.